The molecule has 0 bridgehead atoms. The fourth-order valence-corrected chi connectivity index (χ4v) is 5.06. The lowest BCUT2D eigenvalue weighted by Gasteiger charge is -2.38. The van der Waals surface area contributed by atoms with Crippen LogP contribution >= 0.6 is 0 Å². The second-order valence-corrected chi connectivity index (χ2v) is 9.31. The minimum Gasteiger partial charge on any atom is -0.373 e. The molecule has 1 aliphatic rings. The molecule has 0 aliphatic carbocycles. The van der Waals surface area contributed by atoms with E-state index in [1.165, 1.54) is 37.3 Å². The van der Waals surface area contributed by atoms with Crippen molar-refractivity contribution >= 4 is 9.84 Å². The monoisotopic (exact) mass is 402 g/mol. The highest BCUT2D eigenvalue weighted by Crippen LogP contribution is 2.42. The van der Waals surface area contributed by atoms with E-state index in [-0.39, 0.29) is 24.3 Å². The number of alkyl halides is 3. The summed E-state index contributed by atoms with van der Waals surface area (Å²) >= 11 is 0. The highest BCUT2D eigenvalue weighted by atomic mass is 32.2. The van der Waals surface area contributed by atoms with Gasteiger partial charge in [-0.1, -0.05) is 18.2 Å². The molecule has 1 heterocycles. The molecule has 2 atom stereocenters. The zero-order valence-corrected chi connectivity index (χ0v) is 15.3. The van der Waals surface area contributed by atoms with Crippen LogP contribution in [-0.2, 0) is 20.8 Å². The SMILES string of the molecule is CC1(S(=O)(=O)c2cccc(C(F)(F)F)c2)CCOC(c2ccc(F)cc2)C1. The summed E-state index contributed by atoms with van der Waals surface area (Å²) in [7, 11) is -4.05. The molecule has 8 heteroatoms. The summed E-state index contributed by atoms with van der Waals surface area (Å²) in [4.78, 5) is -0.361. The minimum atomic E-state index is -4.63. The molecule has 0 aromatic heterocycles. The third-order valence-electron chi connectivity index (χ3n) is 4.93. The highest BCUT2D eigenvalue weighted by Gasteiger charge is 2.45. The van der Waals surface area contributed by atoms with Gasteiger partial charge in [0.1, 0.15) is 5.82 Å². The van der Waals surface area contributed by atoms with Gasteiger partial charge < -0.3 is 4.74 Å². The van der Waals surface area contributed by atoms with E-state index < -0.39 is 38.2 Å². The fourth-order valence-electron chi connectivity index (χ4n) is 3.23. The smallest absolute Gasteiger partial charge is 0.373 e. The Hall–Kier alpha value is -1.93. The van der Waals surface area contributed by atoms with Crippen molar-refractivity contribution in [2.45, 2.75) is 41.7 Å². The molecule has 1 aliphatic heterocycles. The van der Waals surface area contributed by atoms with Crippen molar-refractivity contribution in [3.05, 3.63) is 65.5 Å². The molecule has 0 spiro atoms. The van der Waals surface area contributed by atoms with Gasteiger partial charge in [-0.2, -0.15) is 13.2 Å². The van der Waals surface area contributed by atoms with E-state index in [9.17, 15) is 26.0 Å². The first-order valence-electron chi connectivity index (χ1n) is 8.32. The molecule has 3 nitrogen and oxygen atoms in total. The van der Waals surface area contributed by atoms with Crippen molar-refractivity contribution in [3.63, 3.8) is 0 Å². The second kappa shape index (κ2) is 6.91. The lowest BCUT2D eigenvalue weighted by Crippen LogP contribution is -2.42. The number of rotatable bonds is 3. The van der Waals surface area contributed by atoms with Crippen LogP contribution in [0.2, 0.25) is 0 Å². The summed E-state index contributed by atoms with van der Waals surface area (Å²) in [6.45, 7) is 1.65. The van der Waals surface area contributed by atoms with Gasteiger partial charge in [0.2, 0.25) is 0 Å². The molecular weight excluding hydrogens is 384 g/mol. The molecule has 2 unspecified atom stereocenters. The van der Waals surface area contributed by atoms with Crippen molar-refractivity contribution in [3.8, 4) is 0 Å². The van der Waals surface area contributed by atoms with Gasteiger partial charge in [0, 0.05) is 6.61 Å². The van der Waals surface area contributed by atoms with E-state index in [4.69, 9.17) is 4.74 Å². The van der Waals surface area contributed by atoms with E-state index >= 15 is 0 Å². The third-order valence-corrected chi connectivity index (χ3v) is 7.47. The van der Waals surface area contributed by atoms with Gasteiger partial charge in [0.25, 0.3) is 0 Å². The van der Waals surface area contributed by atoms with Crippen LogP contribution in [0, 0.1) is 5.82 Å². The van der Waals surface area contributed by atoms with E-state index in [1.54, 1.807) is 0 Å². The molecule has 2 aromatic rings. The molecule has 27 heavy (non-hydrogen) atoms. The maximum atomic E-state index is 13.1. The molecular formula is C19H18F4O3S. The highest BCUT2D eigenvalue weighted by molar-refractivity contribution is 7.92. The predicted molar refractivity (Wildman–Crippen MR) is 91.4 cm³/mol. The summed E-state index contributed by atoms with van der Waals surface area (Å²) in [5.41, 5.74) is -0.379. The quantitative estimate of drug-likeness (QED) is 0.684. The average molecular weight is 402 g/mol. The van der Waals surface area contributed by atoms with Crippen molar-refractivity contribution < 1.29 is 30.7 Å². The molecule has 0 amide bonds. The minimum absolute atomic E-state index is 0.0667. The Morgan fingerprint density at radius 2 is 1.78 bits per heavy atom. The van der Waals surface area contributed by atoms with Gasteiger partial charge in [-0.3, -0.25) is 0 Å². The van der Waals surface area contributed by atoms with Crippen molar-refractivity contribution in [2.75, 3.05) is 6.61 Å². The van der Waals surface area contributed by atoms with E-state index in [0.29, 0.717) is 11.6 Å². The summed E-state index contributed by atoms with van der Waals surface area (Å²) in [5, 5.41) is 0. The number of hydrogen-bond donors (Lipinski definition) is 0. The second-order valence-electron chi connectivity index (χ2n) is 6.84. The largest absolute Gasteiger partial charge is 0.416 e. The van der Waals surface area contributed by atoms with Crippen LogP contribution in [0.1, 0.15) is 37.0 Å². The molecule has 0 N–H and O–H groups in total. The zero-order chi connectivity index (χ0) is 19.9. The van der Waals surface area contributed by atoms with Crippen LogP contribution in [0.25, 0.3) is 0 Å². The van der Waals surface area contributed by atoms with Gasteiger partial charge >= 0.3 is 6.18 Å². The zero-order valence-electron chi connectivity index (χ0n) is 14.5. The lowest BCUT2D eigenvalue weighted by molar-refractivity contribution is -0.137. The number of sulfone groups is 1. The van der Waals surface area contributed by atoms with Crippen LogP contribution in [0.15, 0.2) is 53.4 Å². The van der Waals surface area contributed by atoms with E-state index in [2.05, 4.69) is 0 Å². The van der Waals surface area contributed by atoms with Crippen LogP contribution in [0.5, 0.6) is 0 Å². The van der Waals surface area contributed by atoms with Gasteiger partial charge in [0.15, 0.2) is 9.84 Å². The molecule has 0 radical (unpaired) electrons. The van der Waals surface area contributed by atoms with Crippen LogP contribution in [0.4, 0.5) is 17.6 Å². The third kappa shape index (κ3) is 3.87. The predicted octanol–water partition coefficient (Wildman–Crippen LogP) is 4.93. The molecule has 0 saturated carbocycles. The summed E-state index contributed by atoms with van der Waals surface area (Å²) < 4.78 is 82.6. The number of benzene rings is 2. The normalized spacial score (nSPS) is 24.0. The van der Waals surface area contributed by atoms with Gasteiger partial charge in [0.05, 0.1) is 21.3 Å². The summed E-state index contributed by atoms with van der Waals surface area (Å²) in [6.07, 6.45) is -4.98. The molecule has 3 rings (SSSR count). The van der Waals surface area contributed by atoms with Gasteiger partial charge in [-0.05, 0) is 55.7 Å². The number of ether oxygens (including phenoxy) is 1. The Kier molecular flexibility index (Phi) is 5.07. The number of halogens is 4. The molecule has 1 saturated heterocycles. The first-order chi connectivity index (χ1) is 12.5. The molecule has 1 fully saturated rings. The summed E-state index contributed by atoms with van der Waals surface area (Å²) in [6, 6.07) is 9.33. The van der Waals surface area contributed by atoms with E-state index in [0.717, 1.165) is 12.1 Å². The molecule has 2 aromatic carbocycles. The summed E-state index contributed by atoms with van der Waals surface area (Å²) in [5.74, 6) is -0.422. The number of hydrogen-bond acceptors (Lipinski definition) is 3. The lowest BCUT2D eigenvalue weighted by atomic mass is 9.92. The Morgan fingerprint density at radius 3 is 2.41 bits per heavy atom. The van der Waals surface area contributed by atoms with Gasteiger partial charge in [-0.25, -0.2) is 12.8 Å². The van der Waals surface area contributed by atoms with Crippen molar-refractivity contribution in [1.82, 2.24) is 0 Å². The van der Waals surface area contributed by atoms with Crippen molar-refractivity contribution in [2.24, 2.45) is 0 Å². The Bertz CT molecular complexity index is 923. The van der Waals surface area contributed by atoms with Crippen molar-refractivity contribution in [1.29, 1.82) is 0 Å². The topological polar surface area (TPSA) is 43.4 Å². The fraction of sp³-hybridized carbons (Fsp3) is 0.368. The van der Waals surface area contributed by atoms with E-state index in [1.807, 2.05) is 0 Å². The first kappa shape index (κ1) is 19.8. The maximum absolute atomic E-state index is 13.1. The standard InChI is InChI=1S/C19H18F4O3S/c1-18(9-10-26-17(12-18)13-5-7-15(20)8-6-13)27(24,25)16-4-2-3-14(11-16)19(21,22)23/h2-8,11,17H,9-10,12H2,1H3. The Morgan fingerprint density at radius 1 is 1.11 bits per heavy atom. The maximum Gasteiger partial charge on any atom is 0.416 e. The van der Waals surface area contributed by atoms with Crippen LogP contribution in [0.3, 0.4) is 0 Å². The molecule has 146 valence electrons. The first-order valence-corrected chi connectivity index (χ1v) is 9.80. The van der Waals surface area contributed by atoms with Gasteiger partial charge in [-0.15, -0.1) is 0 Å². The average Bonchev–Trinajstić information content (AvgIpc) is 2.61. The Balaban J connectivity index is 1.94. The van der Waals surface area contributed by atoms with Crippen LogP contribution < -0.4 is 0 Å². The Labute approximate surface area is 154 Å². The van der Waals surface area contributed by atoms with Crippen LogP contribution in [-0.4, -0.2) is 19.8 Å².